The summed E-state index contributed by atoms with van der Waals surface area (Å²) in [5.74, 6) is -1.01. The maximum absolute atomic E-state index is 13.2. The lowest BCUT2D eigenvalue weighted by Crippen LogP contribution is -2.06. The van der Waals surface area contributed by atoms with Gasteiger partial charge in [0.15, 0.2) is 0 Å². The molecule has 0 saturated carbocycles. The minimum absolute atomic E-state index is 0.0980. The van der Waals surface area contributed by atoms with Crippen molar-refractivity contribution in [1.82, 2.24) is 0 Å². The van der Waals surface area contributed by atoms with Crippen LogP contribution in [0.1, 0.15) is 15.9 Å². The number of halogens is 1. The Kier molecular flexibility index (Phi) is 5.28. The minimum Gasteiger partial charge on any atom is -0.507 e. The fourth-order valence-electron chi connectivity index (χ4n) is 2.68. The summed E-state index contributed by atoms with van der Waals surface area (Å²) in [6.07, 6.45) is 0. The zero-order valence-electron chi connectivity index (χ0n) is 14.3. The predicted molar refractivity (Wildman–Crippen MR) is 100 cm³/mol. The molecular weight excluding hydrogens is 351 g/mol. The van der Waals surface area contributed by atoms with E-state index in [0.29, 0.717) is 11.1 Å². The van der Waals surface area contributed by atoms with Crippen molar-refractivity contribution < 1.29 is 19.0 Å². The second kappa shape index (κ2) is 7.62. The third kappa shape index (κ3) is 3.58. The third-order valence-electron chi connectivity index (χ3n) is 3.95. The SMILES string of the molecule is COC(=O)c1c(O)c(C)cc(Sc2ccc(F)cc2)c1-c1ccccc1. The second-order valence-corrected chi connectivity index (χ2v) is 6.82. The smallest absolute Gasteiger partial charge is 0.342 e. The predicted octanol–water partition coefficient (Wildman–Crippen LogP) is 5.44. The Bertz CT molecular complexity index is 938. The van der Waals surface area contributed by atoms with Crippen molar-refractivity contribution in [1.29, 1.82) is 0 Å². The molecule has 0 heterocycles. The first-order valence-electron chi connectivity index (χ1n) is 7.95. The van der Waals surface area contributed by atoms with Crippen LogP contribution in [0.5, 0.6) is 5.75 Å². The molecule has 0 aliphatic carbocycles. The molecule has 0 bridgehead atoms. The topological polar surface area (TPSA) is 46.5 Å². The molecule has 0 saturated heterocycles. The van der Waals surface area contributed by atoms with Crippen LogP contribution in [-0.2, 0) is 4.74 Å². The molecule has 3 aromatic carbocycles. The highest BCUT2D eigenvalue weighted by Gasteiger charge is 2.24. The summed E-state index contributed by atoms with van der Waals surface area (Å²) in [6.45, 7) is 1.73. The van der Waals surface area contributed by atoms with Gasteiger partial charge in [0.05, 0.1) is 7.11 Å². The number of phenolic OH excluding ortho intramolecular Hbond substituents is 1. The van der Waals surface area contributed by atoms with Crippen LogP contribution in [0.3, 0.4) is 0 Å². The first-order chi connectivity index (χ1) is 12.5. The van der Waals surface area contributed by atoms with E-state index in [2.05, 4.69) is 0 Å². The monoisotopic (exact) mass is 368 g/mol. The standard InChI is InChI=1S/C21H17FO3S/c1-13-12-17(26-16-10-8-15(22)9-11-16)18(14-6-4-3-5-7-14)19(20(13)23)21(24)25-2/h3-12,23H,1-2H3. The van der Waals surface area contributed by atoms with Crippen molar-refractivity contribution in [3.8, 4) is 16.9 Å². The summed E-state index contributed by atoms with van der Waals surface area (Å²) in [5, 5.41) is 10.5. The van der Waals surface area contributed by atoms with Gasteiger partial charge >= 0.3 is 5.97 Å². The largest absolute Gasteiger partial charge is 0.507 e. The number of rotatable bonds is 4. The quantitative estimate of drug-likeness (QED) is 0.623. The van der Waals surface area contributed by atoms with E-state index >= 15 is 0 Å². The Morgan fingerprint density at radius 2 is 1.73 bits per heavy atom. The van der Waals surface area contributed by atoms with E-state index in [9.17, 15) is 14.3 Å². The molecule has 132 valence electrons. The number of benzene rings is 3. The summed E-state index contributed by atoms with van der Waals surface area (Å²) in [4.78, 5) is 14.0. The number of ether oxygens (including phenoxy) is 1. The van der Waals surface area contributed by atoms with Crippen LogP contribution in [0.4, 0.5) is 4.39 Å². The average molecular weight is 368 g/mol. The van der Waals surface area contributed by atoms with Gasteiger partial charge in [0, 0.05) is 15.4 Å². The number of esters is 1. The number of methoxy groups -OCH3 is 1. The number of aryl methyl sites for hydroxylation is 1. The van der Waals surface area contributed by atoms with Gasteiger partial charge in [-0.3, -0.25) is 0 Å². The van der Waals surface area contributed by atoms with Gasteiger partial charge in [-0.2, -0.15) is 0 Å². The Hall–Kier alpha value is -2.79. The molecule has 5 heteroatoms. The summed E-state index contributed by atoms with van der Waals surface area (Å²) >= 11 is 1.40. The summed E-state index contributed by atoms with van der Waals surface area (Å²) in [5.41, 5.74) is 2.07. The fourth-order valence-corrected chi connectivity index (χ4v) is 3.76. The summed E-state index contributed by atoms with van der Waals surface area (Å²) < 4.78 is 18.1. The fraction of sp³-hybridized carbons (Fsp3) is 0.0952. The van der Waals surface area contributed by atoms with Crippen LogP contribution in [0.2, 0.25) is 0 Å². The Morgan fingerprint density at radius 3 is 2.35 bits per heavy atom. The van der Waals surface area contributed by atoms with E-state index in [1.807, 2.05) is 36.4 Å². The molecule has 0 aliphatic heterocycles. The maximum Gasteiger partial charge on any atom is 0.342 e. The Balaban J connectivity index is 2.24. The molecule has 26 heavy (non-hydrogen) atoms. The van der Waals surface area contributed by atoms with E-state index in [1.54, 1.807) is 19.1 Å². The van der Waals surface area contributed by atoms with Crippen LogP contribution in [-0.4, -0.2) is 18.2 Å². The molecule has 0 spiro atoms. The van der Waals surface area contributed by atoms with Crippen LogP contribution < -0.4 is 0 Å². The lowest BCUT2D eigenvalue weighted by molar-refractivity contribution is 0.0598. The van der Waals surface area contributed by atoms with Crippen LogP contribution >= 0.6 is 11.8 Å². The van der Waals surface area contributed by atoms with Crippen molar-refractivity contribution in [2.75, 3.05) is 7.11 Å². The number of hydrogen-bond donors (Lipinski definition) is 1. The molecule has 0 radical (unpaired) electrons. The number of phenols is 1. The lowest BCUT2D eigenvalue weighted by Gasteiger charge is -2.17. The van der Waals surface area contributed by atoms with Crippen LogP contribution in [0.25, 0.3) is 11.1 Å². The maximum atomic E-state index is 13.2. The van der Waals surface area contributed by atoms with Crippen molar-refractivity contribution in [2.45, 2.75) is 16.7 Å². The average Bonchev–Trinajstić information content (AvgIpc) is 2.66. The first-order valence-corrected chi connectivity index (χ1v) is 8.76. The molecule has 0 atom stereocenters. The molecule has 1 N–H and O–H groups in total. The van der Waals surface area contributed by atoms with E-state index in [0.717, 1.165) is 15.4 Å². The number of carbonyl (C=O) groups excluding carboxylic acids is 1. The molecule has 0 fully saturated rings. The highest BCUT2D eigenvalue weighted by molar-refractivity contribution is 7.99. The van der Waals surface area contributed by atoms with Crippen molar-refractivity contribution in [3.63, 3.8) is 0 Å². The van der Waals surface area contributed by atoms with E-state index in [4.69, 9.17) is 4.74 Å². The summed E-state index contributed by atoms with van der Waals surface area (Å²) in [7, 11) is 1.28. The Morgan fingerprint density at radius 1 is 1.08 bits per heavy atom. The molecule has 0 aromatic heterocycles. The van der Waals surface area contributed by atoms with Gasteiger partial charge in [-0.15, -0.1) is 0 Å². The van der Waals surface area contributed by atoms with Crippen LogP contribution in [0, 0.1) is 12.7 Å². The zero-order chi connectivity index (χ0) is 18.7. The third-order valence-corrected chi connectivity index (χ3v) is 5.00. The van der Waals surface area contributed by atoms with Gasteiger partial charge in [0.25, 0.3) is 0 Å². The Labute approximate surface area is 155 Å². The van der Waals surface area contributed by atoms with Crippen LogP contribution in [0.15, 0.2) is 70.5 Å². The van der Waals surface area contributed by atoms with Gasteiger partial charge in [-0.05, 0) is 48.4 Å². The van der Waals surface area contributed by atoms with Gasteiger partial charge in [0.1, 0.15) is 17.1 Å². The molecule has 3 rings (SSSR count). The van der Waals surface area contributed by atoms with Crippen molar-refractivity contribution in [2.24, 2.45) is 0 Å². The molecule has 0 amide bonds. The molecule has 0 unspecified atom stereocenters. The van der Waals surface area contributed by atoms with Gasteiger partial charge in [-0.25, -0.2) is 9.18 Å². The van der Waals surface area contributed by atoms with Crippen molar-refractivity contribution >= 4 is 17.7 Å². The molecule has 0 aliphatic rings. The van der Waals surface area contributed by atoms with E-state index in [-0.39, 0.29) is 17.1 Å². The molecular formula is C21H17FO3S. The minimum atomic E-state index is -0.606. The molecule has 3 aromatic rings. The molecule has 3 nitrogen and oxygen atoms in total. The first kappa shape index (κ1) is 18.0. The van der Waals surface area contributed by atoms with Gasteiger partial charge in [-0.1, -0.05) is 42.1 Å². The highest BCUT2D eigenvalue weighted by Crippen LogP contribution is 2.43. The van der Waals surface area contributed by atoms with E-state index < -0.39 is 5.97 Å². The van der Waals surface area contributed by atoms with E-state index in [1.165, 1.54) is 31.0 Å². The summed E-state index contributed by atoms with van der Waals surface area (Å²) in [6, 6.07) is 17.3. The number of hydrogen-bond acceptors (Lipinski definition) is 4. The number of carbonyl (C=O) groups is 1. The van der Waals surface area contributed by atoms with Gasteiger partial charge < -0.3 is 9.84 Å². The number of aromatic hydroxyl groups is 1. The zero-order valence-corrected chi connectivity index (χ0v) is 15.1. The normalized spacial score (nSPS) is 10.6. The highest BCUT2D eigenvalue weighted by atomic mass is 32.2. The van der Waals surface area contributed by atoms with Gasteiger partial charge in [0.2, 0.25) is 0 Å². The lowest BCUT2D eigenvalue weighted by atomic mass is 9.96. The second-order valence-electron chi connectivity index (χ2n) is 5.70. The van der Waals surface area contributed by atoms with Crippen molar-refractivity contribution in [3.05, 3.63) is 77.6 Å².